The van der Waals surface area contributed by atoms with E-state index in [0.717, 1.165) is 15.9 Å². The lowest BCUT2D eigenvalue weighted by Crippen LogP contribution is -2.15. The Hall–Kier alpha value is -2.38. The van der Waals surface area contributed by atoms with Crippen molar-refractivity contribution in [1.29, 1.82) is 0 Å². The minimum Gasteiger partial charge on any atom is -0.490 e. The van der Waals surface area contributed by atoms with Crippen LogP contribution in [0.3, 0.4) is 0 Å². The molecule has 0 aliphatic carbocycles. The number of hydrogen-bond donors (Lipinski definition) is 0. The predicted molar refractivity (Wildman–Crippen MR) is 106 cm³/mol. The summed E-state index contributed by atoms with van der Waals surface area (Å²) >= 11 is 9.48. The Balaban J connectivity index is 1.63. The summed E-state index contributed by atoms with van der Waals surface area (Å²) < 4.78 is 13.4. The van der Waals surface area contributed by atoms with Crippen molar-refractivity contribution in [3.05, 3.63) is 69.0 Å². The first-order valence-electron chi connectivity index (χ1n) is 8.20. The number of carbonyl (C=O) groups is 1. The van der Waals surface area contributed by atoms with Gasteiger partial charge in [0.05, 0.1) is 10.7 Å². The molecule has 3 aromatic rings. The van der Waals surface area contributed by atoms with E-state index in [9.17, 15) is 4.79 Å². The number of esters is 1. The number of aryl methyl sites for hydroxylation is 2. The van der Waals surface area contributed by atoms with E-state index in [-0.39, 0.29) is 23.9 Å². The van der Waals surface area contributed by atoms with Crippen molar-refractivity contribution in [3.63, 3.8) is 0 Å². The Labute approximate surface area is 170 Å². The molecule has 2 heterocycles. The zero-order chi connectivity index (χ0) is 19.4. The molecule has 0 amide bonds. The van der Waals surface area contributed by atoms with E-state index in [4.69, 9.17) is 21.1 Å². The molecule has 0 radical (unpaired) electrons. The van der Waals surface area contributed by atoms with Gasteiger partial charge in [0.2, 0.25) is 0 Å². The molecule has 0 unspecified atom stereocenters. The topological polar surface area (TPSA) is 66.2 Å². The Kier molecular flexibility index (Phi) is 6.13. The summed E-state index contributed by atoms with van der Waals surface area (Å²) in [6, 6.07) is 12.6. The van der Waals surface area contributed by atoms with Gasteiger partial charge >= 0.3 is 5.97 Å². The molecule has 3 rings (SSSR count). The number of aromatic nitrogens is 3. The Morgan fingerprint density at radius 1 is 1.15 bits per heavy atom. The van der Waals surface area contributed by atoms with Gasteiger partial charge in [-0.3, -0.25) is 0 Å². The second kappa shape index (κ2) is 8.54. The maximum Gasteiger partial charge on any atom is 0.358 e. The Morgan fingerprint density at radius 2 is 1.89 bits per heavy atom. The van der Waals surface area contributed by atoms with Gasteiger partial charge in [-0.25, -0.2) is 14.5 Å². The van der Waals surface area contributed by atoms with Crippen LogP contribution >= 0.6 is 27.5 Å². The fourth-order valence-corrected chi connectivity index (χ4v) is 2.89. The van der Waals surface area contributed by atoms with Crippen LogP contribution in [-0.4, -0.2) is 33.9 Å². The minimum absolute atomic E-state index is 0.0466. The van der Waals surface area contributed by atoms with Crippen molar-refractivity contribution >= 4 is 33.5 Å². The molecular formula is C19H17BrClN3O3. The van der Waals surface area contributed by atoms with E-state index in [1.54, 1.807) is 16.8 Å². The maximum atomic E-state index is 12.3. The molecule has 0 fully saturated rings. The van der Waals surface area contributed by atoms with E-state index < -0.39 is 5.97 Å². The normalized spacial score (nSPS) is 10.7. The van der Waals surface area contributed by atoms with Crippen molar-refractivity contribution in [2.75, 3.05) is 13.2 Å². The SMILES string of the molecule is Cc1cc(C)n(-c2ccc(Cl)c(C(=O)OCCOc3ccc(Br)cc3)n2)n1. The number of rotatable bonds is 6. The predicted octanol–water partition coefficient (Wildman–Crippen LogP) is 4.54. The number of nitrogens with zero attached hydrogens (tertiary/aromatic N) is 3. The molecule has 8 heteroatoms. The van der Waals surface area contributed by atoms with Gasteiger partial charge in [0.1, 0.15) is 19.0 Å². The summed E-state index contributed by atoms with van der Waals surface area (Å²) in [5, 5.41) is 4.58. The number of carbonyl (C=O) groups excluding carboxylic acids is 1. The summed E-state index contributed by atoms with van der Waals surface area (Å²) in [7, 11) is 0. The summed E-state index contributed by atoms with van der Waals surface area (Å²) in [6.45, 7) is 4.10. The van der Waals surface area contributed by atoms with Crippen LogP contribution in [0.25, 0.3) is 5.82 Å². The highest BCUT2D eigenvalue weighted by molar-refractivity contribution is 9.10. The molecule has 1 aromatic carbocycles. The zero-order valence-corrected chi connectivity index (χ0v) is 17.1. The third-order valence-corrected chi connectivity index (χ3v) is 4.48. The molecular weight excluding hydrogens is 434 g/mol. The minimum atomic E-state index is -0.609. The largest absolute Gasteiger partial charge is 0.490 e. The first-order chi connectivity index (χ1) is 12.9. The molecule has 0 bridgehead atoms. The van der Waals surface area contributed by atoms with E-state index in [2.05, 4.69) is 26.0 Å². The van der Waals surface area contributed by atoms with Gasteiger partial charge in [0.25, 0.3) is 0 Å². The van der Waals surface area contributed by atoms with Crippen LogP contribution in [0.4, 0.5) is 0 Å². The molecule has 0 saturated carbocycles. The summed E-state index contributed by atoms with van der Waals surface area (Å²) in [5.74, 6) is 0.586. The van der Waals surface area contributed by atoms with Crippen LogP contribution < -0.4 is 4.74 Å². The Morgan fingerprint density at radius 3 is 2.56 bits per heavy atom. The van der Waals surface area contributed by atoms with Crippen molar-refractivity contribution < 1.29 is 14.3 Å². The molecule has 27 heavy (non-hydrogen) atoms. The molecule has 6 nitrogen and oxygen atoms in total. The molecule has 0 aliphatic rings. The third kappa shape index (κ3) is 4.87. The Bertz CT molecular complexity index is 957. The average molecular weight is 451 g/mol. The lowest BCUT2D eigenvalue weighted by molar-refractivity contribution is 0.0444. The maximum absolute atomic E-state index is 12.3. The molecule has 0 saturated heterocycles. The van der Waals surface area contributed by atoms with E-state index in [1.807, 2.05) is 44.2 Å². The quantitative estimate of drug-likeness (QED) is 0.407. The number of benzene rings is 1. The standard InChI is InChI=1S/C19H17BrClN3O3/c1-12-11-13(2)24(23-12)17-8-7-16(21)18(22-17)19(25)27-10-9-26-15-5-3-14(20)4-6-15/h3-8,11H,9-10H2,1-2H3. The third-order valence-electron chi connectivity index (χ3n) is 3.65. The van der Waals surface area contributed by atoms with Gasteiger partial charge < -0.3 is 9.47 Å². The molecule has 0 N–H and O–H groups in total. The van der Waals surface area contributed by atoms with Crippen LogP contribution in [0.15, 0.2) is 46.9 Å². The summed E-state index contributed by atoms with van der Waals surface area (Å²) in [5.41, 5.74) is 1.81. The molecule has 140 valence electrons. The van der Waals surface area contributed by atoms with Gasteiger partial charge in [0.15, 0.2) is 11.5 Å². The van der Waals surface area contributed by atoms with Gasteiger partial charge in [-0.1, -0.05) is 27.5 Å². The van der Waals surface area contributed by atoms with Crippen LogP contribution in [0, 0.1) is 13.8 Å². The second-order valence-corrected chi connectivity index (χ2v) is 7.10. The zero-order valence-electron chi connectivity index (χ0n) is 14.8. The number of ether oxygens (including phenoxy) is 2. The number of hydrogen-bond acceptors (Lipinski definition) is 5. The molecule has 2 aromatic heterocycles. The highest BCUT2D eigenvalue weighted by Crippen LogP contribution is 2.19. The van der Waals surface area contributed by atoms with Crippen LogP contribution in [-0.2, 0) is 4.74 Å². The summed E-state index contributed by atoms with van der Waals surface area (Å²) in [6.07, 6.45) is 0. The van der Waals surface area contributed by atoms with Crippen molar-refractivity contribution in [1.82, 2.24) is 14.8 Å². The summed E-state index contributed by atoms with van der Waals surface area (Å²) in [4.78, 5) is 16.6. The highest BCUT2D eigenvalue weighted by Gasteiger charge is 2.16. The highest BCUT2D eigenvalue weighted by atomic mass is 79.9. The smallest absolute Gasteiger partial charge is 0.358 e. The average Bonchev–Trinajstić information content (AvgIpc) is 2.98. The van der Waals surface area contributed by atoms with Gasteiger partial charge in [-0.2, -0.15) is 5.10 Å². The van der Waals surface area contributed by atoms with Crippen molar-refractivity contribution in [2.45, 2.75) is 13.8 Å². The second-order valence-electron chi connectivity index (χ2n) is 5.78. The van der Waals surface area contributed by atoms with Crippen molar-refractivity contribution in [2.24, 2.45) is 0 Å². The first-order valence-corrected chi connectivity index (χ1v) is 9.37. The van der Waals surface area contributed by atoms with E-state index in [0.29, 0.717) is 11.6 Å². The fourth-order valence-electron chi connectivity index (χ4n) is 2.45. The lowest BCUT2D eigenvalue weighted by Gasteiger charge is -2.09. The number of halogens is 2. The van der Waals surface area contributed by atoms with E-state index in [1.165, 1.54) is 0 Å². The van der Waals surface area contributed by atoms with Gasteiger partial charge in [-0.15, -0.1) is 0 Å². The van der Waals surface area contributed by atoms with Crippen LogP contribution in [0.2, 0.25) is 5.02 Å². The fraction of sp³-hybridized carbons (Fsp3) is 0.211. The first kappa shape index (κ1) is 19.4. The van der Waals surface area contributed by atoms with Gasteiger partial charge in [-0.05, 0) is 56.3 Å². The molecule has 0 atom stereocenters. The monoisotopic (exact) mass is 449 g/mol. The van der Waals surface area contributed by atoms with Crippen LogP contribution in [0.5, 0.6) is 5.75 Å². The van der Waals surface area contributed by atoms with Crippen molar-refractivity contribution in [3.8, 4) is 11.6 Å². The molecule has 0 aliphatic heterocycles. The molecule has 0 spiro atoms. The van der Waals surface area contributed by atoms with Crippen LogP contribution in [0.1, 0.15) is 21.9 Å². The lowest BCUT2D eigenvalue weighted by atomic mass is 10.3. The van der Waals surface area contributed by atoms with Gasteiger partial charge in [0, 0.05) is 10.2 Å². The van der Waals surface area contributed by atoms with E-state index >= 15 is 0 Å². The number of pyridine rings is 1.